The summed E-state index contributed by atoms with van der Waals surface area (Å²) in [5, 5.41) is 12.8. The van der Waals surface area contributed by atoms with Crippen LogP contribution in [-0.2, 0) is 9.53 Å². The monoisotopic (exact) mass is 523 g/mol. The normalized spacial score (nSPS) is 15.8. The van der Waals surface area contributed by atoms with E-state index in [1.807, 2.05) is 19.9 Å². The molecule has 2 heterocycles. The van der Waals surface area contributed by atoms with Crippen LogP contribution in [0.4, 0.5) is 11.4 Å². The van der Waals surface area contributed by atoms with Crippen molar-refractivity contribution in [1.82, 2.24) is 9.69 Å². The van der Waals surface area contributed by atoms with Crippen molar-refractivity contribution in [2.24, 2.45) is 5.73 Å². The standard InChI is InChI=1S/C26H29N5O5S/c1-14-5-3-7-19(15(14)2)31(26(35)23-20(27)21(24(28)33)30-37-23)22(16-8-10-17(32)11-9-16)25(34)29-13-18-6-4-12-36-18/h3,5,7-11,18,22,32H,4,6,12-13,27H2,1-2H3,(H2,28,33)(H,29,34)/t18-,22-/m0/s1. The average molecular weight is 524 g/mol. The van der Waals surface area contributed by atoms with E-state index in [9.17, 15) is 19.5 Å². The van der Waals surface area contributed by atoms with E-state index in [1.54, 1.807) is 24.3 Å². The summed E-state index contributed by atoms with van der Waals surface area (Å²) in [5.41, 5.74) is 13.8. The van der Waals surface area contributed by atoms with Crippen LogP contribution in [0.15, 0.2) is 42.5 Å². The molecule has 1 saturated heterocycles. The molecule has 0 unspecified atom stereocenters. The second-order valence-corrected chi connectivity index (χ2v) is 9.68. The highest BCUT2D eigenvalue weighted by Crippen LogP contribution is 2.36. The van der Waals surface area contributed by atoms with Gasteiger partial charge < -0.3 is 26.6 Å². The zero-order valence-corrected chi connectivity index (χ0v) is 21.4. The first kappa shape index (κ1) is 26.1. The number of nitrogen functional groups attached to an aromatic ring is 1. The number of carbonyl (C=O) groups excluding carboxylic acids is 3. The summed E-state index contributed by atoms with van der Waals surface area (Å²) in [6, 6.07) is 10.4. The third-order valence-corrected chi connectivity index (χ3v) is 7.30. The van der Waals surface area contributed by atoms with Crippen LogP contribution >= 0.6 is 11.5 Å². The number of hydrogen-bond acceptors (Lipinski definition) is 8. The van der Waals surface area contributed by atoms with Gasteiger partial charge in [-0.1, -0.05) is 24.3 Å². The summed E-state index contributed by atoms with van der Waals surface area (Å²) in [5.74, 6) is -1.88. The van der Waals surface area contributed by atoms with E-state index in [1.165, 1.54) is 17.0 Å². The van der Waals surface area contributed by atoms with Crippen molar-refractivity contribution in [3.8, 4) is 5.75 Å². The summed E-state index contributed by atoms with van der Waals surface area (Å²) in [6.45, 7) is 4.69. The Labute approximate surface area is 218 Å². The van der Waals surface area contributed by atoms with E-state index in [0.717, 1.165) is 35.5 Å². The molecule has 11 heteroatoms. The lowest BCUT2D eigenvalue weighted by atomic mass is 9.99. The van der Waals surface area contributed by atoms with E-state index in [-0.39, 0.29) is 34.7 Å². The summed E-state index contributed by atoms with van der Waals surface area (Å²) in [7, 11) is 0. The first-order valence-corrected chi connectivity index (χ1v) is 12.6. The number of ether oxygens (including phenoxy) is 1. The number of carbonyl (C=O) groups is 3. The van der Waals surface area contributed by atoms with Crippen LogP contribution in [0.1, 0.15) is 55.7 Å². The molecule has 4 rings (SSSR count). The predicted octanol–water partition coefficient (Wildman–Crippen LogP) is 2.83. The zero-order chi connectivity index (χ0) is 26.7. The number of nitrogens with one attached hydrogen (secondary N) is 1. The average Bonchev–Trinajstić information content (AvgIpc) is 3.53. The Morgan fingerprint density at radius 1 is 1.22 bits per heavy atom. The SMILES string of the molecule is Cc1cccc(N(C(=O)c2snc(C(N)=O)c2N)[C@H](C(=O)NC[C@@H]2CCCO2)c2ccc(O)cc2)c1C. The molecule has 194 valence electrons. The molecule has 1 aliphatic rings. The van der Waals surface area contributed by atoms with E-state index >= 15 is 0 Å². The minimum atomic E-state index is -1.13. The minimum absolute atomic E-state index is 0.00888. The Hall–Kier alpha value is -3.96. The molecule has 0 aliphatic carbocycles. The van der Waals surface area contributed by atoms with Crippen LogP contribution in [-0.4, -0.2) is 46.5 Å². The maximum Gasteiger partial charge on any atom is 0.273 e. The molecular weight excluding hydrogens is 494 g/mol. The van der Waals surface area contributed by atoms with Crippen molar-refractivity contribution in [3.05, 3.63) is 69.7 Å². The number of hydrogen-bond donors (Lipinski definition) is 4. The Balaban J connectivity index is 1.85. The van der Waals surface area contributed by atoms with E-state index in [0.29, 0.717) is 17.9 Å². The zero-order valence-electron chi connectivity index (χ0n) is 20.6. The van der Waals surface area contributed by atoms with Gasteiger partial charge in [0.1, 0.15) is 16.7 Å². The lowest BCUT2D eigenvalue weighted by Gasteiger charge is -2.33. The first-order chi connectivity index (χ1) is 17.7. The van der Waals surface area contributed by atoms with Crippen molar-refractivity contribution in [3.63, 3.8) is 0 Å². The third-order valence-electron chi connectivity index (χ3n) is 6.45. The van der Waals surface area contributed by atoms with Crippen molar-refractivity contribution >= 4 is 40.6 Å². The van der Waals surface area contributed by atoms with Gasteiger partial charge in [0.25, 0.3) is 11.8 Å². The Morgan fingerprint density at radius 2 is 1.95 bits per heavy atom. The number of rotatable bonds is 8. The highest BCUT2D eigenvalue weighted by Gasteiger charge is 2.37. The molecule has 37 heavy (non-hydrogen) atoms. The van der Waals surface area contributed by atoms with Crippen molar-refractivity contribution in [2.75, 3.05) is 23.8 Å². The van der Waals surface area contributed by atoms with Crippen LogP contribution in [0.3, 0.4) is 0 Å². The number of amides is 3. The Morgan fingerprint density at radius 3 is 2.57 bits per heavy atom. The van der Waals surface area contributed by atoms with Crippen molar-refractivity contribution < 1.29 is 24.2 Å². The molecule has 3 aromatic rings. The number of benzene rings is 2. The summed E-state index contributed by atoms with van der Waals surface area (Å²) in [6.07, 6.45) is 1.64. The van der Waals surface area contributed by atoms with Gasteiger partial charge in [-0.15, -0.1) is 0 Å². The minimum Gasteiger partial charge on any atom is -0.508 e. The van der Waals surface area contributed by atoms with Crippen LogP contribution in [0.5, 0.6) is 5.75 Å². The molecular formula is C26H29N5O5S. The second kappa shape index (κ2) is 11.0. The van der Waals surface area contributed by atoms with Crippen molar-refractivity contribution in [1.29, 1.82) is 0 Å². The molecule has 1 fully saturated rings. The topological polar surface area (TPSA) is 161 Å². The maximum atomic E-state index is 14.1. The molecule has 6 N–H and O–H groups in total. The van der Waals surface area contributed by atoms with Gasteiger partial charge in [-0.3, -0.25) is 19.3 Å². The van der Waals surface area contributed by atoms with Gasteiger partial charge in [0.15, 0.2) is 5.69 Å². The van der Waals surface area contributed by atoms with Crippen molar-refractivity contribution in [2.45, 2.75) is 38.8 Å². The van der Waals surface area contributed by atoms with Gasteiger partial charge in [-0.2, -0.15) is 4.37 Å². The molecule has 2 aromatic carbocycles. The molecule has 3 amide bonds. The Kier molecular flexibility index (Phi) is 7.74. The third kappa shape index (κ3) is 5.42. The quantitative estimate of drug-likeness (QED) is 0.353. The molecule has 1 aliphatic heterocycles. The van der Waals surface area contributed by atoms with E-state index < -0.39 is 23.8 Å². The number of anilines is 2. The van der Waals surface area contributed by atoms with Gasteiger partial charge >= 0.3 is 0 Å². The van der Waals surface area contributed by atoms with Gasteiger partial charge in [0, 0.05) is 18.8 Å². The molecule has 0 bridgehead atoms. The number of phenols is 1. The lowest BCUT2D eigenvalue weighted by molar-refractivity contribution is -0.123. The molecule has 0 spiro atoms. The van der Waals surface area contributed by atoms with Gasteiger partial charge in [0.2, 0.25) is 5.91 Å². The van der Waals surface area contributed by atoms with Gasteiger partial charge in [0.05, 0.1) is 11.8 Å². The Bertz CT molecular complexity index is 1320. The number of nitrogens with two attached hydrogens (primary N) is 2. The van der Waals surface area contributed by atoms with E-state index in [2.05, 4.69) is 9.69 Å². The van der Waals surface area contributed by atoms with Gasteiger partial charge in [-0.05, 0) is 73.1 Å². The second-order valence-electron chi connectivity index (χ2n) is 8.91. The van der Waals surface area contributed by atoms with E-state index in [4.69, 9.17) is 16.2 Å². The number of aromatic hydroxyl groups is 1. The number of aryl methyl sites for hydroxylation is 1. The number of phenolic OH excluding ortho intramolecular Hbond substituents is 1. The van der Waals surface area contributed by atoms with Crippen LogP contribution in [0.2, 0.25) is 0 Å². The number of primary amides is 1. The molecule has 2 atom stereocenters. The smallest absolute Gasteiger partial charge is 0.273 e. The largest absolute Gasteiger partial charge is 0.508 e. The fraction of sp³-hybridized carbons (Fsp3) is 0.308. The fourth-order valence-corrected chi connectivity index (χ4v) is 5.03. The summed E-state index contributed by atoms with van der Waals surface area (Å²) < 4.78 is 9.62. The fourth-order valence-electron chi connectivity index (χ4n) is 4.29. The van der Waals surface area contributed by atoms with Crippen LogP contribution < -0.4 is 21.7 Å². The number of nitrogens with zero attached hydrogens (tertiary/aromatic N) is 2. The van der Waals surface area contributed by atoms with Gasteiger partial charge in [-0.25, -0.2) is 0 Å². The summed E-state index contributed by atoms with van der Waals surface area (Å²) in [4.78, 5) is 41.0. The maximum absolute atomic E-state index is 14.1. The predicted molar refractivity (Wildman–Crippen MR) is 141 cm³/mol. The highest BCUT2D eigenvalue weighted by atomic mass is 32.1. The molecule has 1 aromatic heterocycles. The molecule has 0 radical (unpaired) electrons. The summed E-state index contributed by atoms with van der Waals surface area (Å²) >= 11 is 0.747. The molecule has 0 saturated carbocycles. The van der Waals surface area contributed by atoms with Crippen LogP contribution in [0.25, 0.3) is 0 Å². The first-order valence-electron chi connectivity index (χ1n) is 11.8. The molecule has 10 nitrogen and oxygen atoms in total. The lowest BCUT2D eigenvalue weighted by Crippen LogP contribution is -2.46. The highest BCUT2D eigenvalue weighted by molar-refractivity contribution is 7.09. The van der Waals surface area contributed by atoms with Crippen LogP contribution in [0, 0.1) is 13.8 Å². The number of aromatic nitrogens is 1.